The van der Waals surface area contributed by atoms with Crippen LogP contribution in [0.4, 0.5) is 10.1 Å². The second kappa shape index (κ2) is 7.13. The fourth-order valence-corrected chi connectivity index (χ4v) is 2.48. The van der Waals surface area contributed by atoms with Crippen LogP contribution in [0.5, 0.6) is 0 Å². The third kappa shape index (κ3) is 3.90. The Morgan fingerprint density at radius 1 is 1.04 bits per heavy atom. The van der Waals surface area contributed by atoms with Crippen molar-refractivity contribution in [2.45, 2.75) is 19.9 Å². The first-order valence-corrected chi connectivity index (χ1v) is 7.76. The number of halogens is 1. The summed E-state index contributed by atoms with van der Waals surface area (Å²) in [7, 11) is 0. The summed E-state index contributed by atoms with van der Waals surface area (Å²) in [5.74, 6) is 0.335. The fourth-order valence-electron chi connectivity index (χ4n) is 2.48. The third-order valence-corrected chi connectivity index (χ3v) is 3.81. The number of aryl methyl sites for hydroxylation is 1. The Balaban J connectivity index is 1.83. The molecule has 122 valence electrons. The van der Waals surface area contributed by atoms with E-state index >= 15 is 0 Å². The van der Waals surface area contributed by atoms with Gasteiger partial charge in [-0.2, -0.15) is 0 Å². The molecule has 3 rings (SSSR count). The summed E-state index contributed by atoms with van der Waals surface area (Å²) in [5.41, 5.74) is 2.71. The van der Waals surface area contributed by atoms with E-state index in [-0.39, 0.29) is 18.1 Å². The van der Waals surface area contributed by atoms with Crippen LogP contribution in [0.25, 0.3) is 0 Å². The maximum Gasteiger partial charge on any atom is 0.231 e. The van der Waals surface area contributed by atoms with Crippen LogP contribution in [0, 0.1) is 12.7 Å². The minimum atomic E-state index is -0.308. The van der Waals surface area contributed by atoms with Gasteiger partial charge in [-0.25, -0.2) is 4.39 Å². The number of rotatable bonds is 5. The minimum Gasteiger partial charge on any atom is -0.467 e. The molecule has 0 atom stereocenters. The highest BCUT2D eigenvalue weighted by Gasteiger charge is 2.18. The van der Waals surface area contributed by atoms with E-state index < -0.39 is 0 Å². The van der Waals surface area contributed by atoms with Crippen molar-refractivity contribution in [2.75, 3.05) is 4.90 Å². The first-order valence-electron chi connectivity index (χ1n) is 7.76. The summed E-state index contributed by atoms with van der Waals surface area (Å²) in [6.45, 7) is 2.36. The van der Waals surface area contributed by atoms with E-state index in [1.807, 2.05) is 37.3 Å². The molecular formula is C20H18FNO2. The molecule has 1 amide bonds. The number of hydrogen-bond acceptors (Lipinski definition) is 2. The van der Waals surface area contributed by atoms with E-state index in [2.05, 4.69) is 0 Å². The zero-order chi connectivity index (χ0) is 16.9. The third-order valence-electron chi connectivity index (χ3n) is 3.81. The lowest BCUT2D eigenvalue weighted by Crippen LogP contribution is -2.31. The first-order chi connectivity index (χ1) is 11.6. The van der Waals surface area contributed by atoms with E-state index in [1.54, 1.807) is 29.4 Å². The van der Waals surface area contributed by atoms with E-state index in [9.17, 15) is 9.18 Å². The number of carbonyl (C=O) groups excluding carboxylic acids is 1. The van der Waals surface area contributed by atoms with Gasteiger partial charge in [0.2, 0.25) is 5.91 Å². The average molecular weight is 323 g/mol. The van der Waals surface area contributed by atoms with Crippen molar-refractivity contribution in [2.24, 2.45) is 0 Å². The fraction of sp³-hybridized carbons (Fsp3) is 0.150. The number of carbonyl (C=O) groups is 1. The summed E-state index contributed by atoms with van der Waals surface area (Å²) in [6, 6.07) is 17.4. The molecule has 3 nitrogen and oxygen atoms in total. The van der Waals surface area contributed by atoms with Gasteiger partial charge in [-0.05, 0) is 48.9 Å². The van der Waals surface area contributed by atoms with Gasteiger partial charge in [0.1, 0.15) is 11.6 Å². The van der Waals surface area contributed by atoms with Crippen LogP contribution in [0.2, 0.25) is 0 Å². The van der Waals surface area contributed by atoms with Gasteiger partial charge >= 0.3 is 0 Å². The van der Waals surface area contributed by atoms with Gasteiger partial charge in [-0.3, -0.25) is 4.79 Å². The molecule has 0 saturated heterocycles. The van der Waals surface area contributed by atoms with Gasteiger partial charge in [-0.15, -0.1) is 0 Å². The van der Waals surface area contributed by atoms with Crippen molar-refractivity contribution in [1.82, 2.24) is 0 Å². The summed E-state index contributed by atoms with van der Waals surface area (Å²) in [5, 5.41) is 0. The average Bonchev–Trinajstić information content (AvgIpc) is 3.09. The predicted octanol–water partition coefficient (Wildman–Crippen LogP) is 4.50. The van der Waals surface area contributed by atoms with Crippen molar-refractivity contribution in [1.29, 1.82) is 0 Å². The largest absolute Gasteiger partial charge is 0.467 e. The van der Waals surface area contributed by atoms with Gasteiger partial charge in [0.05, 0.1) is 19.2 Å². The normalized spacial score (nSPS) is 10.6. The monoisotopic (exact) mass is 323 g/mol. The summed E-state index contributed by atoms with van der Waals surface area (Å²) in [4.78, 5) is 14.5. The molecule has 0 N–H and O–H groups in total. The predicted molar refractivity (Wildman–Crippen MR) is 91.2 cm³/mol. The molecule has 0 aliphatic carbocycles. The lowest BCUT2D eigenvalue weighted by Gasteiger charge is -2.22. The summed E-state index contributed by atoms with van der Waals surface area (Å²) in [6.07, 6.45) is 1.79. The van der Waals surface area contributed by atoms with E-state index in [0.717, 1.165) is 16.8 Å². The number of hydrogen-bond donors (Lipinski definition) is 0. The van der Waals surface area contributed by atoms with Crippen LogP contribution < -0.4 is 4.90 Å². The van der Waals surface area contributed by atoms with Gasteiger partial charge in [0.15, 0.2) is 0 Å². The molecule has 0 radical (unpaired) electrons. The highest BCUT2D eigenvalue weighted by atomic mass is 19.1. The number of furan rings is 1. The second-order valence-corrected chi connectivity index (χ2v) is 5.70. The lowest BCUT2D eigenvalue weighted by atomic mass is 10.1. The molecule has 2 aromatic carbocycles. The Labute approximate surface area is 140 Å². The van der Waals surface area contributed by atoms with E-state index in [4.69, 9.17) is 4.42 Å². The standard InChI is InChI=1S/C20H18FNO2/c1-15-4-10-18(11-5-15)22(14-19-3-2-12-24-19)20(23)13-16-6-8-17(21)9-7-16/h2-12H,13-14H2,1H3. The molecule has 1 heterocycles. The molecule has 4 heteroatoms. The molecule has 0 aliphatic rings. The van der Waals surface area contributed by atoms with Gasteiger partial charge in [-0.1, -0.05) is 29.8 Å². The summed E-state index contributed by atoms with van der Waals surface area (Å²) < 4.78 is 18.4. The zero-order valence-electron chi connectivity index (χ0n) is 13.4. The minimum absolute atomic E-state index is 0.0677. The molecule has 0 aliphatic heterocycles. The van der Waals surface area contributed by atoms with Crippen molar-refractivity contribution in [3.63, 3.8) is 0 Å². The van der Waals surface area contributed by atoms with Crippen LogP contribution >= 0.6 is 0 Å². The van der Waals surface area contributed by atoms with Crippen LogP contribution in [0.1, 0.15) is 16.9 Å². The first kappa shape index (κ1) is 16.0. The van der Waals surface area contributed by atoms with Crippen LogP contribution in [0.15, 0.2) is 71.3 Å². The molecule has 0 spiro atoms. The molecule has 0 fully saturated rings. The van der Waals surface area contributed by atoms with Gasteiger partial charge in [0.25, 0.3) is 0 Å². The SMILES string of the molecule is Cc1ccc(N(Cc2ccco2)C(=O)Cc2ccc(F)cc2)cc1. The molecule has 0 bridgehead atoms. The van der Waals surface area contributed by atoms with Crippen LogP contribution in [-0.2, 0) is 17.8 Å². The molecular weight excluding hydrogens is 305 g/mol. The number of anilines is 1. The Morgan fingerprint density at radius 2 is 1.75 bits per heavy atom. The maximum absolute atomic E-state index is 13.0. The maximum atomic E-state index is 13.0. The molecule has 0 saturated carbocycles. The topological polar surface area (TPSA) is 33.5 Å². The molecule has 1 aromatic heterocycles. The molecule has 0 unspecified atom stereocenters. The van der Waals surface area contributed by atoms with Crippen molar-refractivity contribution >= 4 is 11.6 Å². The smallest absolute Gasteiger partial charge is 0.231 e. The Kier molecular flexibility index (Phi) is 4.75. The summed E-state index contributed by atoms with van der Waals surface area (Å²) >= 11 is 0. The number of nitrogens with zero attached hydrogens (tertiary/aromatic N) is 1. The van der Waals surface area contributed by atoms with Gasteiger partial charge < -0.3 is 9.32 Å². The highest BCUT2D eigenvalue weighted by Crippen LogP contribution is 2.20. The van der Waals surface area contributed by atoms with Crippen LogP contribution in [-0.4, -0.2) is 5.91 Å². The molecule has 3 aromatic rings. The molecule has 24 heavy (non-hydrogen) atoms. The van der Waals surface area contributed by atoms with Crippen molar-refractivity contribution in [3.05, 3.63) is 89.6 Å². The van der Waals surface area contributed by atoms with E-state index in [0.29, 0.717) is 12.3 Å². The quantitative estimate of drug-likeness (QED) is 0.692. The van der Waals surface area contributed by atoms with Crippen LogP contribution in [0.3, 0.4) is 0 Å². The Hall–Kier alpha value is -2.88. The van der Waals surface area contributed by atoms with Crippen molar-refractivity contribution in [3.8, 4) is 0 Å². The van der Waals surface area contributed by atoms with Gasteiger partial charge in [0, 0.05) is 5.69 Å². The van der Waals surface area contributed by atoms with Crippen molar-refractivity contribution < 1.29 is 13.6 Å². The number of benzene rings is 2. The Morgan fingerprint density at radius 3 is 2.38 bits per heavy atom. The van der Waals surface area contributed by atoms with E-state index in [1.165, 1.54) is 12.1 Å². The lowest BCUT2D eigenvalue weighted by molar-refractivity contribution is -0.118. The zero-order valence-corrected chi connectivity index (χ0v) is 13.4. The Bertz CT molecular complexity index is 793. The highest BCUT2D eigenvalue weighted by molar-refractivity contribution is 5.94. The second-order valence-electron chi connectivity index (χ2n) is 5.70. The number of amides is 1.